The molecule has 0 saturated carbocycles. The highest BCUT2D eigenvalue weighted by Crippen LogP contribution is 2.29. The third-order valence-corrected chi connectivity index (χ3v) is 5.37. The fourth-order valence-corrected chi connectivity index (χ4v) is 3.90. The number of carbonyl (C=O) groups is 2. The van der Waals surface area contributed by atoms with Gasteiger partial charge in [-0.2, -0.15) is 11.3 Å². The molecule has 2 amide bonds. The van der Waals surface area contributed by atoms with Gasteiger partial charge in [-0.15, -0.1) is 0 Å². The summed E-state index contributed by atoms with van der Waals surface area (Å²) in [7, 11) is 0. The van der Waals surface area contributed by atoms with E-state index in [1.165, 1.54) is 11.3 Å². The van der Waals surface area contributed by atoms with Crippen LogP contribution < -0.4 is 10.6 Å². The maximum Gasteiger partial charge on any atom is 0.254 e. The number of para-hydroxylation sites is 1. The molecule has 0 spiro atoms. The van der Waals surface area contributed by atoms with E-state index >= 15 is 0 Å². The van der Waals surface area contributed by atoms with Crippen LogP contribution in [0.25, 0.3) is 0 Å². The molecule has 2 aromatic rings. The van der Waals surface area contributed by atoms with Crippen molar-refractivity contribution < 1.29 is 9.59 Å². The molecule has 26 heavy (non-hydrogen) atoms. The number of anilines is 1. The molecule has 138 valence electrons. The molecule has 1 aromatic carbocycles. The van der Waals surface area contributed by atoms with E-state index in [9.17, 15) is 9.59 Å². The summed E-state index contributed by atoms with van der Waals surface area (Å²) in [5, 5.41) is 10.3. The fraction of sp³-hybridized carbons (Fsp3) is 0.400. The average molecular weight is 372 g/mol. The second-order valence-electron chi connectivity index (χ2n) is 7.01. The Balaban J connectivity index is 1.75. The van der Waals surface area contributed by atoms with Gasteiger partial charge in [0.25, 0.3) is 5.91 Å². The summed E-state index contributed by atoms with van der Waals surface area (Å²) in [5.41, 5.74) is 0.950. The predicted octanol–water partition coefficient (Wildman–Crippen LogP) is 3.36. The summed E-state index contributed by atoms with van der Waals surface area (Å²) in [6.45, 7) is 5.03. The molecule has 0 aliphatic carbocycles. The lowest BCUT2D eigenvalue weighted by Crippen LogP contribution is -2.59. The fourth-order valence-electron chi connectivity index (χ4n) is 3.27. The molecule has 0 atom stereocenters. The molecule has 2 heterocycles. The van der Waals surface area contributed by atoms with Gasteiger partial charge in [0.05, 0.1) is 5.56 Å². The first-order valence-electron chi connectivity index (χ1n) is 8.96. The van der Waals surface area contributed by atoms with Crippen LogP contribution in [0.5, 0.6) is 0 Å². The summed E-state index contributed by atoms with van der Waals surface area (Å²) in [4.78, 5) is 27.4. The van der Waals surface area contributed by atoms with Gasteiger partial charge in [-0.25, -0.2) is 0 Å². The number of thiophene rings is 1. The third-order valence-electron chi connectivity index (χ3n) is 4.68. The van der Waals surface area contributed by atoms with Crippen LogP contribution in [0.2, 0.25) is 0 Å². The second-order valence-corrected chi connectivity index (χ2v) is 7.79. The van der Waals surface area contributed by atoms with Crippen molar-refractivity contribution in [1.29, 1.82) is 0 Å². The zero-order chi connectivity index (χ0) is 18.6. The number of benzene rings is 1. The van der Waals surface area contributed by atoms with Gasteiger partial charge >= 0.3 is 0 Å². The molecule has 6 heteroatoms. The van der Waals surface area contributed by atoms with E-state index in [0.29, 0.717) is 25.9 Å². The molecule has 5 nitrogen and oxygen atoms in total. The average Bonchev–Trinajstić information content (AvgIpc) is 3.17. The number of rotatable bonds is 5. The minimum Gasteiger partial charge on any atom is -0.371 e. The Morgan fingerprint density at radius 3 is 2.38 bits per heavy atom. The van der Waals surface area contributed by atoms with Gasteiger partial charge in [0, 0.05) is 30.2 Å². The molecule has 1 aliphatic heterocycles. The number of carbonyl (C=O) groups excluding carboxylic acids is 2. The van der Waals surface area contributed by atoms with Crippen LogP contribution in [0.15, 0.2) is 47.2 Å². The number of amides is 2. The zero-order valence-corrected chi connectivity index (χ0v) is 16.0. The lowest BCUT2D eigenvalue weighted by molar-refractivity contribution is -0.127. The first-order chi connectivity index (χ1) is 12.5. The van der Waals surface area contributed by atoms with Gasteiger partial charge in [0.2, 0.25) is 5.91 Å². The first-order valence-corrected chi connectivity index (χ1v) is 9.90. The molecule has 1 aliphatic rings. The molecular formula is C20H25N3O2S. The summed E-state index contributed by atoms with van der Waals surface area (Å²) < 4.78 is 0. The van der Waals surface area contributed by atoms with Crippen LogP contribution in [0, 0.1) is 0 Å². The maximum atomic E-state index is 13.0. The van der Waals surface area contributed by atoms with E-state index in [2.05, 4.69) is 10.6 Å². The molecule has 1 aromatic heterocycles. The Labute approximate surface area is 158 Å². The van der Waals surface area contributed by atoms with Gasteiger partial charge in [0.1, 0.15) is 5.54 Å². The summed E-state index contributed by atoms with van der Waals surface area (Å²) in [5.74, 6) is 0.0443. The number of nitrogens with one attached hydrogen (secondary N) is 2. The van der Waals surface area contributed by atoms with Gasteiger partial charge in [-0.3, -0.25) is 9.59 Å². The highest BCUT2D eigenvalue weighted by molar-refractivity contribution is 7.08. The van der Waals surface area contributed by atoms with Crippen molar-refractivity contribution >= 4 is 28.8 Å². The molecule has 1 fully saturated rings. The molecule has 0 radical (unpaired) electrons. The van der Waals surface area contributed by atoms with E-state index in [1.54, 1.807) is 0 Å². The largest absolute Gasteiger partial charge is 0.371 e. The highest BCUT2D eigenvalue weighted by atomic mass is 32.1. The monoisotopic (exact) mass is 371 g/mol. The Bertz CT molecular complexity index is 736. The van der Waals surface area contributed by atoms with E-state index in [1.807, 2.05) is 65.9 Å². The minimum atomic E-state index is -0.697. The molecule has 3 rings (SSSR count). The Morgan fingerprint density at radius 2 is 1.81 bits per heavy atom. The summed E-state index contributed by atoms with van der Waals surface area (Å²) in [6.07, 6.45) is 1.16. The molecule has 2 N–H and O–H groups in total. The number of hydrogen-bond donors (Lipinski definition) is 2. The van der Waals surface area contributed by atoms with Crippen molar-refractivity contribution in [3.05, 3.63) is 52.7 Å². The quantitative estimate of drug-likeness (QED) is 0.847. The van der Waals surface area contributed by atoms with Gasteiger partial charge in [-0.1, -0.05) is 18.2 Å². The van der Waals surface area contributed by atoms with Crippen LogP contribution in [-0.2, 0) is 4.79 Å². The summed E-state index contributed by atoms with van der Waals surface area (Å²) in [6, 6.07) is 11.7. The van der Waals surface area contributed by atoms with Crippen LogP contribution >= 0.6 is 11.3 Å². The van der Waals surface area contributed by atoms with E-state index in [0.717, 1.165) is 11.3 Å². The minimum absolute atomic E-state index is 0.000939. The van der Waals surface area contributed by atoms with E-state index < -0.39 is 5.54 Å². The zero-order valence-electron chi connectivity index (χ0n) is 15.2. The first kappa shape index (κ1) is 18.5. The smallest absolute Gasteiger partial charge is 0.254 e. The van der Waals surface area contributed by atoms with Crippen LogP contribution in [-0.4, -0.2) is 41.4 Å². The molecule has 1 saturated heterocycles. The topological polar surface area (TPSA) is 61.4 Å². The van der Waals surface area contributed by atoms with Crippen molar-refractivity contribution in [3.8, 4) is 0 Å². The van der Waals surface area contributed by atoms with Gasteiger partial charge < -0.3 is 15.5 Å². The van der Waals surface area contributed by atoms with Crippen molar-refractivity contribution in [2.75, 3.05) is 18.4 Å². The van der Waals surface area contributed by atoms with Crippen molar-refractivity contribution in [2.45, 2.75) is 38.3 Å². The van der Waals surface area contributed by atoms with E-state index in [4.69, 9.17) is 0 Å². The van der Waals surface area contributed by atoms with Crippen LogP contribution in [0.4, 0.5) is 5.69 Å². The Kier molecular flexibility index (Phi) is 5.61. The second kappa shape index (κ2) is 7.91. The highest BCUT2D eigenvalue weighted by Gasteiger charge is 2.42. The van der Waals surface area contributed by atoms with Crippen LogP contribution in [0.1, 0.15) is 37.0 Å². The normalized spacial score (nSPS) is 16.3. The predicted molar refractivity (Wildman–Crippen MR) is 106 cm³/mol. The third kappa shape index (κ3) is 4.07. The standard InChI is InChI=1S/C20H25N3O2S/c1-15(2)21-19(25)20(22-17-6-4-3-5-7-17)9-11-23(12-10-20)18(24)16-8-13-26-14-16/h3-8,13-15,22H,9-12H2,1-2H3,(H,21,25). The Hall–Kier alpha value is -2.34. The SMILES string of the molecule is CC(C)NC(=O)C1(Nc2ccccc2)CCN(C(=O)c2ccsc2)CC1. The number of nitrogens with zero attached hydrogens (tertiary/aromatic N) is 1. The lowest BCUT2D eigenvalue weighted by atomic mass is 9.85. The summed E-state index contributed by atoms with van der Waals surface area (Å²) >= 11 is 1.52. The maximum absolute atomic E-state index is 13.0. The molecule has 0 unspecified atom stereocenters. The van der Waals surface area contributed by atoms with Crippen molar-refractivity contribution in [2.24, 2.45) is 0 Å². The van der Waals surface area contributed by atoms with Gasteiger partial charge in [-0.05, 0) is 50.3 Å². The Morgan fingerprint density at radius 1 is 1.12 bits per heavy atom. The van der Waals surface area contributed by atoms with Gasteiger partial charge in [0.15, 0.2) is 0 Å². The van der Waals surface area contributed by atoms with Crippen LogP contribution in [0.3, 0.4) is 0 Å². The number of likely N-dealkylation sites (tertiary alicyclic amines) is 1. The molecule has 0 bridgehead atoms. The number of piperidine rings is 1. The van der Waals surface area contributed by atoms with E-state index in [-0.39, 0.29) is 17.9 Å². The van der Waals surface area contributed by atoms with Crippen molar-refractivity contribution in [3.63, 3.8) is 0 Å². The molecular weight excluding hydrogens is 346 g/mol. The van der Waals surface area contributed by atoms with Crippen molar-refractivity contribution in [1.82, 2.24) is 10.2 Å². The lowest BCUT2D eigenvalue weighted by Gasteiger charge is -2.42. The number of hydrogen-bond acceptors (Lipinski definition) is 4.